The Morgan fingerprint density at radius 3 is 2.25 bits per heavy atom. The van der Waals surface area contributed by atoms with Crippen molar-refractivity contribution < 1.29 is 32.2 Å². The molecule has 1 aliphatic rings. The molecule has 8 nitrogen and oxygen atoms in total. The third-order valence-electron chi connectivity index (χ3n) is 8.98. The van der Waals surface area contributed by atoms with Crippen LogP contribution in [0.15, 0.2) is 102 Å². The van der Waals surface area contributed by atoms with Crippen LogP contribution in [-0.4, -0.2) is 67.6 Å². The first-order valence-corrected chi connectivity index (χ1v) is 17.9. The van der Waals surface area contributed by atoms with Crippen LogP contribution < -0.4 is 19.1 Å². The Kier molecular flexibility index (Phi) is 12.0. The maximum absolute atomic E-state index is 13.5. The molecule has 5 aromatic rings. The summed E-state index contributed by atoms with van der Waals surface area (Å²) >= 11 is 1.45. The number of ether oxygens (including phenoxy) is 3. The van der Waals surface area contributed by atoms with Gasteiger partial charge in [0.15, 0.2) is 11.5 Å². The van der Waals surface area contributed by atoms with Gasteiger partial charge in [-0.1, -0.05) is 54.6 Å². The lowest BCUT2D eigenvalue weighted by atomic mass is 10.1. The quantitative estimate of drug-likeness (QED) is 0.115. The summed E-state index contributed by atoms with van der Waals surface area (Å²) in [5.74, 6) is 1.98. The first kappa shape index (κ1) is 36.7. The number of piperazine rings is 1. The standard InChI is InChI=1S/C40H41F3N4O4S/c1-49-36-16-13-29(23-37(36)50-2)17-18-45(25-30-11-14-34(15-12-30)51-27-31-7-4-3-5-8-31)26-38-44-35(28-52-38)39(48)47-21-19-46(20-22-47)33-10-6-9-32(24-33)40(41,42)43/h3-16,23-24,28H,17-22,25-27H2,1-2H3. The van der Waals surface area contributed by atoms with Gasteiger partial charge in [-0.25, -0.2) is 4.98 Å². The summed E-state index contributed by atoms with van der Waals surface area (Å²) in [4.78, 5) is 24.1. The van der Waals surface area contributed by atoms with Crippen LogP contribution in [0, 0.1) is 0 Å². The highest BCUT2D eigenvalue weighted by Gasteiger charge is 2.31. The van der Waals surface area contributed by atoms with Crippen molar-refractivity contribution >= 4 is 22.9 Å². The predicted molar refractivity (Wildman–Crippen MR) is 196 cm³/mol. The van der Waals surface area contributed by atoms with E-state index < -0.39 is 11.7 Å². The molecule has 4 aromatic carbocycles. The fourth-order valence-electron chi connectivity index (χ4n) is 6.11. The Morgan fingerprint density at radius 2 is 1.54 bits per heavy atom. The van der Waals surface area contributed by atoms with E-state index >= 15 is 0 Å². The number of nitrogens with zero attached hydrogens (tertiary/aromatic N) is 4. The monoisotopic (exact) mass is 730 g/mol. The van der Waals surface area contributed by atoms with E-state index in [-0.39, 0.29) is 5.91 Å². The van der Waals surface area contributed by atoms with Crippen molar-refractivity contribution in [3.8, 4) is 17.2 Å². The third-order valence-corrected chi connectivity index (χ3v) is 9.81. The SMILES string of the molecule is COc1ccc(CCN(Cc2ccc(OCc3ccccc3)cc2)Cc2nc(C(=O)N3CCN(c4cccc(C(F)(F)F)c4)CC3)cs2)cc1OC. The summed E-state index contributed by atoms with van der Waals surface area (Å²) < 4.78 is 56.7. The number of thiazole rings is 1. The molecule has 1 aromatic heterocycles. The number of hydrogen-bond donors (Lipinski definition) is 0. The Morgan fingerprint density at radius 1 is 0.808 bits per heavy atom. The highest BCUT2D eigenvalue weighted by molar-refractivity contribution is 7.09. The van der Waals surface area contributed by atoms with Crippen LogP contribution in [-0.2, 0) is 32.3 Å². The number of rotatable bonds is 14. The van der Waals surface area contributed by atoms with Gasteiger partial charge in [0.2, 0.25) is 0 Å². The van der Waals surface area contributed by atoms with Gasteiger partial charge in [-0.15, -0.1) is 11.3 Å². The molecule has 6 rings (SSSR count). The van der Waals surface area contributed by atoms with Gasteiger partial charge < -0.3 is 24.0 Å². The van der Waals surface area contributed by atoms with Gasteiger partial charge in [0.05, 0.1) is 26.3 Å². The average Bonchev–Trinajstić information content (AvgIpc) is 3.65. The third kappa shape index (κ3) is 9.62. The molecule has 272 valence electrons. The van der Waals surface area contributed by atoms with Gasteiger partial charge in [0, 0.05) is 50.3 Å². The van der Waals surface area contributed by atoms with Crippen LogP contribution in [0.25, 0.3) is 0 Å². The Balaban J connectivity index is 1.10. The molecule has 0 saturated carbocycles. The van der Waals surface area contributed by atoms with Gasteiger partial charge in [-0.2, -0.15) is 13.2 Å². The summed E-state index contributed by atoms with van der Waals surface area (Å²) in [5, 5.41) is 2.61. The van der Waals surface area contributed by atoms with E-state index in [4.69, 9.17) is 19.2 Å². The lowest BCUT2D eigenvalue weighted by Crippen LogP contribution is -2.49. The molecule has 0 N–H and O–H groups in total. The minimum absolute atomic E-state index is 0.172. The molecule has 52 heavy (non-hydrogen) atoms. The molecule has 1 saturated heterocycles. The van der Waals surface area contributed by atoms with Crippen LogP contribution in [0.1, 0.15) is 37.7 Å². The molecule has 1 amide bonds. The number of anilines is 1. The molecule has 1 fully saturated rings. The zero-order valence-electron chi connectivity index (χ0n) is 29.1. The van der Waals surface area contributed by atoms with E-state index in [1.165, 1.54) is 17.4 Å². The van der Waals surface area contributed by atoms with Crippen molar-refractivity contribution in [2.75, 3.05) is 51.8 Å². The first-order valence-electron chi connectivity index (χ1n) is 17.0. The van der Waals surface area contributed by atoms with Crippen LogP contribution in [0.4, 0.5) is 18.9 Å². The number of amides is 1. The lowest BCUT2D eigenvalue weighted by molar-refractivity contribution is -0.137. The Hall–Kier alpha value is -5.07. The molecule has 0 unspecified atom stereocenters. The van der Waals surface area contributed by atoms with Crippen molar-refractivity contribution in [3.05, 3.63) is 135 Å². The zero-order chi connectivity index (χ0) is 36.5. The summed E-state index contributed by atoms with van der Waals surface area (Å²) in [6, 6.07) is 29.4. The van der Waals surface area contributed by atoms with E-state index in [9.17, 15) is 18.0 Å². The van der Waals surface area contributed by atoms with E-state index in [2.05, 4.69) is 17.0 Å². The summed E-state index contributed by atoms with van der Waals surface area (Å²) in [6.45, 7) is 4.08. The van der Waals surface area contributed by atoms with E-state index in [1.807, 2.05) is 65.6 Å². The van der Waals surface area contributed by atoms with Crippen molar-refractivity contribution in [2.45, 2.75) is 32.3 Å². The smallest absolute Gasteiger partial charge is 0.416 e. The van der Waals surface area contributed by atoms with E-state index in [0.29, 0.717) is 68.8 Å². The predicted octanol–water partition coefficient (Wildman–Crippen LogP) is 7.97. The van der Waals surface area contributed by atoms with Crippen LogP contribution in [0.5, 0.6) is 17.2 Å². The summed E-state index contributed by atoms with van der Waals surface area (Å²) in [5.41, 5.74) is 3.53. The number of hydrogen-bond acceptors (Lipinski definition) is 8. The second-order valence-electron chi connectivity index (χ2n) is 12.5. The van der Waals surface area contributed by atoms with E-state index in [0.717, 1.165) is 52.5 Å². The largest absolute Gasteiger partial charge is 0.493 e. The van der Waals surface area contributed by atoms with Gasteiger partial charge >= 0.3 is 6.18 Å². The van der Waals surface area contributed by atoms with Crippen molar-refractivity contribution in [1.82, 2.24) is 14.8 Å². The van der Waals surface area contributed by atoms with Crippen LogP contribution >= 0.6 is 11.3 Å². The molecule has 0 bridgehead atoms. The fraction of sp³-hybridized carbons (Fsp3) is 0.300. The molecule has 0 aliphatic carbocycles. The second kappa shape index (κ2) is 17.0. The number of carbonyl (C=O) groups excluding carboxylic acids is 1. The summed E-state index contributed by atoms with van der Waals surface area (Å²) in [7, 11) is 3.24. The molecule has 12 heteroatoms. The van der Waals surface area contributed by atoms with Gasteiger partial charge in [0.1, 0.15) is 23.1 Å². The Bertz CT molecular complexity index is 1910. The molecule has 0 spiro atoms. The number of alkyl halides is 3. The molecule has 0 atom stereocenters. The average molecular weight is 731 g/mol. The molecule has 0 radical (unpaired) electrons. The molecular weight excluding hydrogens is 690 g/mol. The van der Waals surface area contributed by atoms with Crippen molar-refractivity contribution in [2.24, 2.45) is 0 Å². The molecular formula is C40H41F3N4O4S. The Labute approximate surface area is 306 Å². The van der Waals surface area contributed by atoms with E-state index in [1.54, 1.807) is 30.6 Å². The highest BCUT2D eigenvalue weighted by atomic mass is 32.1. The van der Waals surface area contributed by atoms with Gasteiger partial charge in [0.25, 0.3) is 5.91 Å². The first-order chi connectivity index (χ1) is 25.2. The number of halogens is 3. The molecule has 1 aliphatic heterocycles. The van der Waals surface area contributed by atoms with Crippen molar-refractivity contribution in [1.29, 1.82) is 0 Å². The maximum atomic E-state index is 13.5. The van der Waals surface area contributed by atoms with Gasteiger partial charge in [-0.05, 0) is 65.6 Å². The molecule has 2 heterocycles. The minimum atomic E-state index is -4.41. The normalized spacial score (nSPS) is 13.3. The number of benzene rings is 4. The number of carbonyl (C=O) groups is 1. The fourth-order valence-corrected chi connectivity index (χ4v) is 6.92. The maximum Gasteiger partial charge on any atom is 0.416 e. The second-order valence-corrected chi connectivity index (χ2v) is 13.5. The highest BCUT2D eigenvalue weighted by Crippen LogP contribution is 2.32. The minimum Gasteiger partial charge on any atom is -0.493 e. The summed E-state index contributed by atoms with van der Waals surface area (Å²) in [6.07, 6.45) is -3.65. The number of methoxy groups -OCH3 is 2. The zero-order valence-corrected chi connectivity index (χ0v) is 30.0. The lowest BCUT2D eigenvalue weighted by Gasteiger charge is -2.36. The van der Waals surface area contributed by atoms with Crippen LogP contribution in [0.3, 0.4) is 0 Å². The van der Waals surface area contributed by atoms with Crippen molar-refractivity contribution in [3.63, 3.8) is 0 Å². The van der Waals surface area contributed by atoms with Crippen LogP contribution in [0.2, 0.25) is 0 Å². The topological polar surface area (TPSA) is 67.4 Å². The number of aromatic nitrogens is 1. The van der Waals surface area contributed by atoms with Gasteiger partial charge in [-0.3, -0.25) is 9.69 Å².